The van der Waals surface area contributed by atoms with Crippen LogP contribution in [0.2, 0.25) is 0 Å². The first-order valence-corrected chi connectivity index (χ1v) is 18.6. The topological polar surface area (TPSA) is 77.8 Å². The summed E-state index contributed by atoms with van der Waals surface area (Å²) in [7, 11) is 0. The lowest BCUT2D eigenvalue weighted by atomic mass is 9.72. The van der Waals surface area contributed by atoms with E-state index in [4.69, 9.17) is 0 Å². The normalized spacial score (nSPS) is 17.0. The SMILES string of the molecule is CCCCCCCCCCCCCCCCCCCC(C=CC=C(C)C=CC1=C(C)CCCC1(C)C)=C(CC(O)CO)C(=O)O. The Bertz CT molecular complexity index is 962. The molecule has 0 aromatic heterocycles. The average Bonchev–Trinajstić information content (AvgIpc) is 2.99. The van der Waals surface area contributed by atoms with Gasteiger partial charge < -0.3 is 15.3 Å². The van der Waals surface area contributed by atoms with Gasteiger partial charge in [0.25, 0.3) is 0 Å². The number of aliphatic carboxylic acids is 1. The highest BCUT2D eigenvalue weighted by atomic mass is 16.4. The van der Waals surface area contributed by atoms with Gasteiger partial charge in [0.05, 0.1) is 12.7 Å². The number of unbranched alkanes of at least 4 members (excludes halogenated alkanes) is 16. The van der Waals surface area contributed by atoms with Gasteiger partial charge in [-0.05, 0) is 62.5 Å². The van der Waals surface area contributed by atoms with Crippen molar-refractivity contribution in [3.63, 3.8) is 0 Å². The summed E-state index contributed by atoms with van der Waals surface area (Å²) in [4.78, 5) is 12.1. The van der Waals surface area contributed by atoms with Crippen molar-refractivity contribution < 1.29 is 20.1 Å². The highest BCUT2D eigenvalue weighted by molar-refractivity contribution is 5.88. The molecule has 3 N–H and O–H groups in total. The molecule has 1 rings (SSSR count). The molecule has 0 heterocycles. The van der Waals surface area contributed by atoms with Crippen molar-refractivity contribution in [3.8, 4) is 0 Å². The van der Waals surface area contributed by atoms with Gasteiger partial charge in [-0.1, -0.05) is 165 Å². The van der Waals surface area contributed by atoms with Crippen LogP contribution in [0.5, 0.6) is 0 Å². The zero-order valence-corrected chi connectivity index (χ0v) is 30.0. The highest BCUT2D eigenvalue weighted by Gasteiger charge is 2.26. The summed E-state index contributed by atoms with van der Waals surface area (Å²) in [5, 5.41) is 29.3. The van der Waals surface area contributed by atoms with E-state index in [1.54, 1.807) is 0 Å². The van der Waals surface area contributed by atoms with Gasteiger partial charge in [-0.15, -0.1) is 0 Å². The highest BCUT2D eigenvalue weighted by Crippen LogP contribution is 2.40. The van der Waals surface area contributed by atoms with Crippen LogP contribution in [0.15, 0.2) is 58.2 Å². The van der Waals surface area contributed by atoms with Crippen molar-refractivity contribution >= 4 is 5.97 Å². The van der Waals surface area contributed by atoms with E-state index in [1.807, 2.05) is 18.2 Å². The number of carbonyl (C=O) groups is 1. The van der Waals surface area contributed by atoms with Crippen molar-refractivity contribution in [2.75, 3.05) is 6.61 Å². The van der Waals surface area contributed by atoms with Gasteiger partial charge in [0.15, 0.2) is 0 Å². The lowest BCUT2D eigenvalue weighted by molar-refractivity contribution is -0.133. The zero-order valence-electron chi connectivity index (χ0n) is 30.0. The Labute approximate surface area is 277 Å². The fraction of sp³-hybridized carbons (Fsp3) is 0.732. The maximum atomic E-state index is 12.1. The molecule has 0 aliphatic heterocycles. The molecule has 1 aliphatic carbocycles. The minimum absolute atomic E-state index is 0.0461. The summed E-state index contributed by atoms with van der Waals surface area (Å²) in [6.07, 6.45) is 35.7. The summed E-state index contributed by atoms with van der Waals surface area (Å²) < 4.78 is 0. The van der Waals surface area contributed by atoms with Crippen molar-refractivity contribution in [2.45, 2.75) is 182 Å². The predicted octanol–water partition coefficient (Wildman–Crippen LogP) is 11.7. The van der Waals surface area contributed by atoms with Crippen molar-refractivity contribution in [1.29, 1.82) is 0 Å². The second kappa shape index (κ2) is 25.2. The molecular formula is C41H70O4. The van der Waals surface area contributed by atoms with Crippen molar-refractivity contribution in [2.24, 2.45) is 5.41 Å². The van der Waals surface area contributed by atoms with Gasteiger partial charge >= 0.3 is 5.97 Å². The second-order valence-electron chi connectivity index (χ2n) is 14.3. The van der Waals surface area contributed by atoms with Gasteiger partial charge in [-0.25, -0.2) is 4.79 Å². The molecule has 1 aliphatic rings. The number of carboxylic acids is 1. The predicted molar refractivity (Wildman–Crippen MR) is 194 cm³/mol. The Kier molecular flexibility index (Phi) is 23.0. The van der Waals surface area contributed by atoms with Crippen LogP contribution in [0.1, 0.15) is 176 Å². The van der Waals surface area contributed by atoms with Crippen LogP contribution in [0.3, 0.4) is 0 Å². The smallest absolute Gasteiger partial charge is 0.331 e. The van der Waals surface area contributed by atoms with Crippen LogP contribution in [0.4, 0.5) is 0 Å². The first kappa shape index (κ1) is 41.1. The molecule has 4 nitrogen and oxygen atoms in total. The molecular weight excluding hydrogens is 556 g/mol. The van der Waals surface area contributed by atoms with E-state index < -0.39 is 18.7 Å². The molecule has 0 spiro atoms. The van der Waals surface area contributed by atoms with E-state index >= 15 is 0 Å². The van der Waals surface area contributed by atoms with Crippen LogP contribution >= 0.6 is 0 Å². The van der Waals surface area contributed by atoms with E-state index in [0.717, 1.165) is 30.4 Å². The average molecular weight is 627 g/mol. The number of allylic oxidation sites excluding steroid dienone is 9. The Morgan fingerprint density at radius 1 is 0.844 bits per heavy atom. The van der Waals surface area contributed by atoms with Crippen LogP contribution in [0, 0.1) is 5.41 Å². The molecule has 1 unspecified atom stereocenters. The minimum atomic E-state index is -1.06. The first-order valence-electron chi connectivity index (χ1n) is 18.6. The molecule has 0 radical (unpaired) electrons. The van der Waals surface area contributed by atoms with Gasteiger partial charge in [0.2, 0.25) is 0 Å². The Hall–Kier alpha value is -1.91. The molecule has 0 saturated carbocycles. The molecule has 0 fully saturated rings. The summed E-state index contributed by atoms with van der Waals surface area (Å²) in [5.41, 5.74) is 5.15. The molecule has 0 saturated heterocycles. The summed E-state index contributed by atoms with van der Waals surface area (Å²) in [6, 6.07) is 0. The lowest BCUT2D eigenvalue weighted by Gasteiger charge is -2.32. The van der Waals surface area contributed by atoms with Gasteiger partial charge in [0.1, 0.15) is 0 Å². The van der Waals surface area contributed by atoms with Crippen molar-refractivity contribution in [3.05, 3.63) is 58.2 Å². The maximum Gasteiger partial charge on any atom is 0.331 e. The summed E-state index contributed by atoms with van der Waals surface area (Å²) >= 11 is 0. The Balaban J connectivity index is 2.52. The number of hydrogen-bond donors (Lipinski definition) is 3. The first-order chi connectivity index (χ1) is 21.6. The minimum Gasteiger partial charge on any atom is -0.478 e. The van der Waals surface area contributed by atoms with Gasteiger partial charge in [-0.3, -0.25) is 0 Å². The van der Waals surface area contributed by atoms with Gasteiger partial charge in [0, 0.05) is 12.0 Å². The quantitative estimate of drug-likeness (QED) is 0.0507. The van der Waals surface area contributed by atoms with Crippen LogP contribution in [-0.2, 0) is 4.79 Å². The zero-order chi connectivity index (χ0) is 33.3. The molecule has 0 amide bonds. The van der Waals surface area contributed by atoms with E-state index in [0.29, 0.717) is 6.42 Å². The van der Waals surface area contributed by atoms with Crippen LogP contribution in [-0.4, -0.2) is 34.0 Å². The summed E-state index contributed by atoms with van der Waals surface area (Å²) in [5.74, 6) is -1.02. The van der Waals surface area contributed by atoms with E-state index in [2.05, 4.69) is 46.8 Å². The van der Waals surface area contributed by atoms with E-state index in [-0.39, 0.29) is 17.4 Å². The monoisotopic (exact) mass is 627 g/mol. The van der Waals surface area contributed by atoms with Crippen LogP contribution in [0.25, 0.3) is 0 Å². The number of aliphatic hydroxyl groups excluding tert-OH is 2. The Morgan fingerprint density at radius 3 is 1.82 bits per heavy atom. The molecule has 4 heteroatoms. The van der Waals surface area contributed by atoms with Crippen LogP contribution < -0.4 is 0 Å². The standard InChI is InChI=1S/C41H70O4/c1-6-7-8-9-10-11-12-13-14-15-16-17-18-19-20-21-22-27-36(38(40(44)45)32-37(43)33-42)28-23-25-34(2)29-30-39-35(3)26-24-31-41(39,4)5/h23,25,28-30,37,42-43H,6-22,24,26-27,31-33H2,1-5H3,(H,44,45). The number of carboxylic acid groups (broad SMARTS) is 1. The Morgan fingerprint density at radius 2 is 1.36 bits per heavy atom. The number of hydrogen-bond acceptors (Lipinski definition) is 3. The third kappa shape index (κ3) is 19.4. The summed E-state index contributed by atoms with van der Waals surface area (Å²) in [6.45, 7) is 10.8. The van der Waals surface area contributed by atoms with Crippen molar-refractivity contribution in [1.82, 2.24) is 0 Å². The van der Waals surface area contributed by atoms with Gasteiger partial charge in [-0.2, -0.15) is 0 Å². The fourth-order valence-corrected chi connectivity index (χ4v) is 6.63. The lowest BCUT2D eigenvalue weighted by Crippen LogP contribution is -2.19. The molecule has 0 aromatic rings. The molecule has 1 atom stereocenters. The molecule has 0 bridgehead atoms. The second-order valence-corrected chi connectivity index (χ2v) is 14.3. The largest absolute Gasteiger partial charge is 0.478 e. The maximum absolute atomic E-state index is 12.1. The number of aliphatic hydroxyl groups is 2. The molecule has 0 aromatic carbocycles. The third-order valence-electron chi connectivity index (χ3n) is 9.56. The van der Waals surface area contributed by atoms with E-state index in [9.17, 15) is 20.1 Å². The molecule has 258 valence electrons. The van der Waals surface area contributed by atoms with E-state index in [1.165, 1.54) is 120 Å². The molecule has 45 heavy (non-hydrogen) atoms. The number of rotatable bonds is 26. The third-order valence-corrected chi connectivity index (χ3v) is 9.56. The fourth-order valence-electron chi connectivity index (χ4n) is 6.63.